The SMILES string of the molecule is Cc1cccc(C2(C)c3cc(C)ccc3-c3ccc(-c4cc(-c5cc(-c6cc(-c7ccc(C(C)(C)C)cc7)cc(-c7ccc(C(C)(C)C)cc7)c6)cc(-c6cc(-c7ccc(C(C)(C)C)cc7)cc(-c7ccc(C(C)(C)C)cc7)c6)c5)c5cc(C)cc(-c6cc(-c7cc(-c8ccc(C(C)(C)C)cc8)cc(-c8ccc(C(C)(C)C)cc8)c7)cc(-c7cc(-c8ccc(C(C)(C)C)cc8)cc(-c8ccc(C(C)(C)C)cc8)c7)c6)c5c4)cc32)c1. The highest BCUT2D eigenvalue weighted by Gasteiger charge is 2.42. The summed E-state index contributed by atoms with van der Waals surface area (Å²) >= 11 is 0. The Labute approximate surface area is 891 Å². The third kappa shape index (κ3) is 21.0. The lowest BCUT2D eigenvalue weighted by Crippen LogP contribution is -2.22. The predicted octanol–water partition coefficient (Wildman–Crippen LogP) is 42.5. The summed E-state index contributed by atoms with van der Waals surface area (Å²) in [5.74, 6) is 0. The van der Waals surface area contributed by atoms with E-state index in [0.29, 0.717) is 0 Å². The molecule has 0 bridgehead atoms. The minimum Gasteiger partial charge on any atom is -0.0617 e. The summed E-state index contributed by atoms with van der Waals surface area (Å²) < 4.78 is 0. The molecule has 0 heteroatoms. The number of fused-ring (bicyclic) bond motifs is 4. The molecule has 0 aliphatic heterocycles. The molecule has 744 valence electrons. The van der Waals surface area contributed by atoms with E-state index < -0.39 is 5.41 Å². The molecular weight excluding hydrogens is 1790 g/mol. The molecule has 19 aromatic rings. The maximum atomic E-state index is 2.58. The van der Waals surface area contributed by atoms with E-state index in [4.69, 9.17) is 0 Å². The van der Waals surface area contributed by atoms with Crippen LogP contribution in [0.2, 0.25) is 0 Å². The fourth-order valence-corrected chi connectivity index (χ4v) is 22.4. The topological polar surface area (TPSA) is 0 Å². The fourth-order valence-electron chi connectivity index (χ4n) is 22.4. The summed E-state index contributed by atoms with van der Waals surface area (Å²) in [6, 6.07) is 154. The monoisotopic (exact) mass is 1940 g/mol. The van der Waals surface area contributed by atoms with E-state index in [0.717, 1.165) is 139 Å². The second kappa shape index (κ2) is 38.2. The van der Waals surface area contributed by atoms with Gasteiger partial charge in [0.1, 0.15) is 0 Å². The minimum absolute atomic E-state index is 0.0283. The predicted molar refractivity (Wildman–Crippen MR) is 647 cm³/mol. The second-order valence-electron chi connectivity index (χ2n) is 51.6. The van der Waals surface area contributed by atoms with Gasteiger partial charge in [0.05, 0.1) is 0 Å². The molecule has 0 heterocycles. The third-order valence-electron chi connectivity index (χ3n) is 31.9. The van der Waals surface area contributed by atoms with Crippen molar-refractivity contribution in [3.63, 3.8) is 0 Å². The van der Waals surface area contributed by atoms with Crippen LogP contribution in [0.5, 0.6) is 0 Å². The number of aryl methyl sites for hydroxylation is 3. The number of benzene rings is 19. The molecule has 19 aromatic carbocycles. The van der Waals surface area contributed by atoms with Gasteiger partial charge < -0.3 is 0 Å². The summed E-state index contributed by atoms with van der Waals surface area (Å²) in [5.41, 5.74) is 54.3. The van der Waals surface area contributed by atoms with Gasteiger partial charge >= 0.3 is 0 Å². The lowest BCUT2D eigenvalue weighted by Gasteiger charge is -2.29. The third-order valence-corrected chi connectivity index (χ3v) is 31.9. The summed E-state index contributed by atoms with van der Waals surface area (Å²) in [6.07, 6.45) is 0. The van der Waals surface area contributed by atoms with Crippen LogP contribution in [0.15, 0.2) is 388 Å². The van der Waals surface area contributed by atoms with Gasteiger partial charge in [-0.2, -0.15) is 0 Å². The summed E-state index contributed by atoms with van der Waals surface area (Å²) in [4.78, 5) is 0. The van der Waals surface area contributed by atoms with E-state index >= 15 is 0 Å². The van der Waals surface area contributed by atoms with Gasteiger partial charge in [-0.25, -0.2) is 0 Å². The molecule has 20 rings (SSSR count). The molecule has 0 radical (unpaired) electrons. The largest absolute Gasteiger partial charge is 0.0617 e. The summed E-state index contributed by atoms with van der Waals surface area (Å²) in [7, 11) is 0. The zero-order valence-electron chi connectivity index (χ0n) is 93.5. The van der Waals surface area contributed by atoms with Crippen LogP contribution < -0.4 is 0 Å². The molecule has 1 aliphatic rings. The van der Waals surface area contributed by atoms with Gasteiger partial charge in [-0.1, -0.05) is 438 Å². The first kappa shape index (κ1) is 102. The van der Waals surface area contributed by atoms with Gasteiger partial charge in [-0.3, -0.25) is 0 Å². The molecule has 0 aromatic heterocycles. The van der Waals surface area contributed by atoms with Crippen molar-refractivity contribution in [2.75, 3.05) is 0 Å². The zero-order valence-corrected chi connectivity index (χ0v) is 93.5. The van der Waals surface area contributed by atoms with Crippen LogP contribution in [-0.4, -0.2) is 0 Å². The average molecular weight is 1940 g/mol. The van der Waals surface area contributed by atoms with E-state index in [1.807, 2.05) is 0 Å². The normalized spacial score (nSPS) is 13.7. The van der Waals surface area contributed by atoms with Crippen molar-refractivity contribution >= 4 is 10.8 Å². The number of rotatable bonds is 16. The zero-order chi connectivity index (χ0) is 105. The second-order valence-corrected chi connectivity index (χ2v) is 51.6. The van der Waals surface area contributed by atoms with Crippen LogP contribution in [0.3, 0.4) is 0 Å². The number of hydrogen-bond donors (Lipinski definition) is 0. The van der Waals surface area contributed by atoms with Crippen LogP contribution in [0, 0.1) is 20.8 Å². The van der Waals surface area contributed by atoms with Crippen molar-refractivity contribution in [1.29, 1.82) is 0 Å². The van der Waals surface area contributed by atoms with Crippen molar-refractivity contribution in [2.45, 2.75) is 243 Å². The van der Waals surface area contributed by atoms with Crippen LogP contribution in [0.25, 0.3) is 189 Å². The van der Waals surface area contributed by atoms with Crippen molar-refractivity contribution in [1.82, 2.24) is 0 Å². The first-order chi connectivity index (χ1) is 70.3. The maximum absolute atomic E-state index is 2.58. The Morgan fingerprint density at radius 2 is 0.329 bits per heavy atom. The smallest absolute Gasteiger partial charge is 0.0435 e. The minimum atomic E-state index is -0.486. The molecule has 0 nitrogen and oxygen atoms in total. The fraction of sp³-hybridized carbons (Fsp3) is 0.248. The van der Waals surface area contributed by atoms with Crippen LogP contribution >= 0.6 is 0 Å². The Morgan fingerprint density at radius 1 is 0.134 bits per heavy atom. The van der Waals surface area contributed by atoms with E-state index in [2.05, 4.69) is 582 Å². The van der Waals surface area contributed by atoms with Gasteiger partial charge in [-0.15, -0.1) is 0 Å². The molecule has 1 aliphatic carbocycles. The molecule has 149 heavy (non-hydrogen) atoms. The highest BCUT2D eigenvalue weighted by Crippen LogP contribution is 2.56. The van der Waals surface area contributed by atoms with Crippen molar-refractivity contribution in [2.24, 2.45) is 0 Å². The van der Waals surface area contributed by atoms with E-state index in [1.165, 1.54) is 128 Å². The standard InChI is InChI=1S/C149H148/c1-93-30-29-31-132(68-93)149(28)139-71-94(2)32-66-133(139)134-67-49-104(92-140(134)149)121-90-136(123-88-119(115-80-109(100-41-58-128(59-42-100)145(16,17)18)74-110(81-115)101-43-60-129(61-44-101)146(19,20)21)85-120(89-123)116-82-111(102-45-62-130(63-46-102)147(22,23)24)75-112(83-116)103-47-64-131(65-48-103)148(25,26)27)137-70-95(3)69-135(138(137)91-121)122-86-117(113-76-105(96-33-50-124(51-34-96)141(4,5)6)72-106(77-113)97-35-52-125(53-36-97)142(7,8)9)84-118(87-122)114-78-107(98-37-54-126(55-38-98)143(10,11)12)73-108(79-114)99-39-56-127(57-40-99)144(13,14)15/h29-92H,1-28H3. The Balaban J connectivity index is 0.910. The summed E-state index contributed by atoms with van der Waals surface area (Å²) in [6.45, 7) is 64.8. The molecule has 1 atom stereocenters. The Bertz CT molecular complexity index is 7660. The van der Waals surface area contributed by atoms with E-state index in [-0.39, 0.29) is 43.3 Å². The Kier molecular flexibility index (Phi) is 26.1. The molecule has 0 fully saturated rings. The Hall–Kier alpha value is -14.6. The average Bonchev–Trinajstić information content (AvgIpc) is 1.55. The number of hydrogen-bond acceptors (Lipinski definition) is 0. The Morgan fingerprint density at radius 3 is 0.570 bits per heavy atom. The molecule has 0 saturated heterocycles. The molecule has 0 spiro atoms. The lowest BCUT2D eigenvalue weighted by molar-refractivity contribution is 0.590. The van der Waals surface area contributed by atoms with Crippen LogP contribution in [-0.2, 0) is 48.7 Å². The molecule has 0 saturated carbocycles. The van der Waals surface area contributed by atoms with E-state index in [9.17, 15) is 0 Å². The van der Waals surface area contributed by atoms with Gasteiger partial charge in [0.15, 0.2) is 0 Å². The maximum Gasteiger partial charge on any atom is 0.0435 e. The van der Waals surface area contributed by atoms with Gasteiger partial charge in [-0.05, 0) is 454 Å². The first-order valence-corrected chi connectivity index (χ1v) is 54.1. The van der Waals surface area contributed by atoms with Crippen LogP contribution in [0.1, 0.15) is 251 Å². The quantitative estimate of drug-likeness (QED) is 0.0904. The van der Waals surface area contributed by atoms with E-state index in [1.54, 1.807) is 0 Å². The van der Waals surface area contributed by atoms with Gasteiger partial charge in [0.2, 0.25) is 0 Å². The first-order valence-electron chi connectivity index (χ1n) is 54.1. The molecule has 0 N–H and O–H groups in total. The molecule has 1 unspecified atom stereocenters. The molecular formula is C149H148. The highest BCUT2D eigenvalue weighted by atomic mass is 14.4. The molecule has 0 amide bonds. The van der Waals surface area contributed by atoms with Gasteiger partial charge in [0.25, 0.3) is 0 Å². The van der Waals surface area contributed by atoms with Crippen molar-refractivity contribution in [3.8, 4) is 178 Å². The van der Waals surface area contributed by atoms with Crippen molar-refractivity contribution in [3.05, 3.63) is 466 Å². The van der Waals surface area contributed by atoms with Crippen LogP contribution in [0.4, 0.5) is 0 Å². The summed E-state index contributed by atoms with van der Waals surface area (Å²) in [5, 5.41) is 2.32. The van der Waals surface area contributed by atoms with Crippen molar-refractivity contribution < 1.29 is 0 Å². The highest BCUT2D eigenvalue weighted by molar-refractivity contribution is 6.10. The van der Waals surface area contributed by atoms with Gasteiger partial charge in [0, 0.05) is 5.41 Å². The lowest BCUT2D eigenvalue weighted by atomic mass is 9.73.